The van der Waals surface area contributed by atoms with Crippen LogP contribution in [0.1, 0.15) is 23.2 Å². The molecule has 1 aromatic carbocycles. The van der Waals surface area contributed by atoms with Crippen molar-refractivity contribution in [3.05, 3.63) is 41.8 Å². The summed E-state index contributed by atoms with van der Waals surface area (Å²) in [5.74, 6) is -0.968. The Kier molecular flexibility index (Phi) is 3.57. The summed E-state index contributed by atoms with van der Waals surface area (Å²) in [4.78, 5) is 12.0. The molecule has 1 fully saturated rings. The second kappa shape index (κ2) is 5.41. The van der Waals surface area contributed by atoms with Gasteiger partial charge in [0, 0.05) is 11.7 Å². The van der Waals surface area contributed by atoms with Gasteiger partial charge in [-0.25, -0.2) is 4.39 Å². The smallest absolute Gasteiger partial charge is 0.279 e. The third-order valence-corrected chi connectivity index (χ3v) is 4.48. The summed E-state index contributed by atoms with van der Waals surface area (Å²) in [6, 6.07) is 4.93. The third-order valence-electron chi connectivity index (χ3n) is 3.13. The average molecular weight is 324 g/mol. The van der Waals surface area contributed by atoms with Crippen LogP contribution in [0.2, 0.25) is 0 Å². The standard InChI is InChI=1S/C13H13FN4O3S/c14-8-1-3-10(4-2-8)18-22(20,21)13-11(7-15-17-13)12(19)16-9-5-6-9/h1-4,7,9,18H,5-6H2,(H,15,17)(H,16,19). The quantitative estimate of drug-likeness (QED) is 0.769. The summed E-state index contributed by atoms with van der Waals surface area (Å²) in [5, 5.41) is 8.32. The lowest BCUT2D eigenvalue weighted by Crippen LogP contribution is -2.27. The lowest BCUT2D eigenvalue weighted by atomic mass is 10.3. The summed E-state index contributed by atoms with van der Waals surface area (Å²) in [7, 11) is -4.03. The highest BCUT2D eigenvalue weighted by molar-refractivity contribution is 7.92. The Morgan fingerprint density at radius 2 is 1.95 bits per heavy atom. The number of aromatic nitrogens is 2. The summed E-state index contributed by atoms with van der Waals surface area (Å²) in [5.41, 5.74) is 0.131. The number of rotatable bonds is 5. The van der Waals surface area contributed by atoms with E-state index >= 15 is 0 Å². The summed E-state index contributed by atoms with van der Waals surface area (Å²) in [6.07, 6.45) is 2.94. The Morgan fingerprint density at radius 3 is 2.59 bits per heavy atom. The van der Waals surface area contributed by atoms with Crippen LogP contribution in [-0.2, 0) is 10.0 Å². The maximum atomic E-state index is 12.8. The van der Waals surface area contributed by atoms with Crippen LogP contribution in [-0.4, -0.2) is 30.6 Å². The largest absolute Gasteiger partial charge is 0.349 e. The Bertz CT molecular complexity index is 797. The van der Waals surface area contributed by atoms with E-state index in [0.29, 0.717) is 0 Å². The Hall–Kier alpha value is -2.42. The highest BCUT2D eigenvalue weighted by Crippen LogP contribution is 2.21. The van der Waals surface area contributed by atoms with E-state index in [0.717, 1.165) is 31.2 Å². The molecule has 1 aromatic heterocycles. The maximum absolute atomic E-state index is 12.8. The first kappa shape index (κ1) is 14.5. The van der Waals surface area contributed by atoms with E-state index < -0.39 is 21.7 Å². The molecule has 0 spiro atoms. The summed E-state index contributed by atoms with van der Waals surface area (Å²) < 4.78 is 39.7. The van der Waals surface area contributed by atoms with Crippen molar-refractivity contribution in [1.82, 2.24) is 15.5 Å². The van der Waals surface area contributed by atoms with Gasteiger partial charge < -0.3 is 5.32 Å². The fraction of sp³-hybridized carbons (Fsp3) is 0.231. The van der Waals surface area contributed by atoms with E-state index in [9.17, 15) is 17.6 Å². The molecule has 9 heteroatoms. The van der Waals surface area contributed by atoms with Crippen molar-refractivity contribution in [3.63, 3.8) is 0 Å². The lowest BCUT2D eigenvalue weighted by molar-refractivity contribution is 0.0948. The van der Waals surface area contributed by atoms with Gasteiger partial charge >= 0.3 is 0 Å². The molecule has 0 aliphatic heterocycles. The van der Waals surface area contributed by atoms with Gasteiger partial charge in [-0.1, -0.05) is 0 Å². The van der Waals surface area contributed by atoms with E-state index in [1.807, 2.05) is 0 Å². The minimum absolute atomic E-state index is 0.0542. The monoisotopic (exact) mass is 324 g/mol. The van der Waals surface area contributed by atoms with Crippen LogP contribution in [0, 0.1) is 5.82 Å². The molecule has 0 saturated heterocycles. The number of sulfonamides is 1. The van der Waals surface area contributed by atoms with Crippen LogP contribution in [0.4, 0.5) is 10.1 Å². The van der Waals surface area contributed by atoms with Gasteiger partial charge in [0.25, 0.3) is 15.9 Å². The van der Waals surface area contributed by atoms with Gasteiger partial charge in [0.1, 0.15) is 5.82 Å². The molecule has 116 valence electrons. The molecule has 7 nitrogen and oxygen atoms in total. The molecule has 0 radical (unpaired) electrons. The van der Waals surface area contributed by atoms with E-state index in [-0.39, 0.29) is 22.3 Å². The van der Waals surface area contributed by atoms with Crippen molar-refractivity contribution in [1.29, 1.82) is 0 Å². The van der Waals surface area contributed by atoms with Crippen molar-refractivity contribution in [2.75, 3.05) is 4.72 Å². The maximum Gasteiger partial charge on any atom is 0.279 e. The van der Waals surface area contributed by atoms with Crippen LogP contribution in [0.25, 0.3) is 0 Å². The summed E-state index contributed by atoms with van der Waals surface area (Å²) >= 11 is 0. The molecule has 1 aliphatic rings. The van der Waals surface area contributed by atoms with E-state index in [1.165, 1.54) is 12.1 Å². The molecular weight excluding hydrogens is 311 g/mol. The number of aromatic amines is 1. The molecule has 2 aromatic rings. The minimum atomic E-state index is -4.03. The molecule has 0 bridgehead atoms. The molecule has 22 heavy (non-hydrogen) atoms. The van der Waals surface area contributed by atoms with Crippen LogP contribution in [0.5, 0.6) is 0 Å². The fourth-order valence-corrected chi connectivity index (χ4v) is 3.01. The highest BCUT2D eigenvalue weighted by Gasteiger charge is 2.29. The number of nitrogens with zero attached hydrogens (tertiary/aromatic N) is 1. The molecular formula is C13H13FN4O3S. The number of hydrogen-bond acceptors (Lipinski definition) is 4. The number of hydrogen-bond donors (Lipinski definition) is 3. The molecule has 1 aliphatic carbocycles. The minimum Gasteiger partial charge on any atom is -0.349 e. The number of H-pyrrole nitrogens is 1. The van der Waals surface area contributed by atoms with E-state index in [4.69, 9.17) is 0 Å². The number of anilines is 1. The molecule has 0 unspecified atom stereocenters. The Balaban J connectivity index is 1.84. The number of carbonyl (C=O) groups is 1. The van der Waals surface area contributed by atoms with Crippen LogP contribution in [0.15, 0.2) is 35.5 Å². The van der Waals surface area contributed by atoms with Crippen molar-refractivity contribution < 1.29 is 17.6 Å². The zero-order valence-corrected chi connectivity index (χ0v) is 12.2. The van der Waals surface area contributed by atoms with Gasteiger partial charge in [-0.05, 0) is 37.1 Å². The van der Waals surface area contributed by atoms with Gasteiger partial charge in [0.05, 0.1) is 11.8 Å². The highest BCUT2D eigenvalue weighted by atomic mass is 32.2. The van der Waals surface area contributed by atoms with Crippen molar-refractivity contribution in [3.8, 4) is 0 Å². The zero-order valence-electron chi connectivity index (χ0n) is 11.3. The van der Waals surface area contributed by atoms with Crippen molar-refractivity contribution in [2.24, 2.45) is 0 Å². The molecule has 1 saturated carbocycles. The topological polar surface area (TPSA) is 104 Å². The molecule has 1 amide bonds. The fourth-order valence-electron chi connectivity index (χ4n) is 1.86. The predicted molar refractivity (Wildman–Crippen MR) is 76.3 cm³/mol. The first-order valence-electron chi connectivity index (χ1n) is 6.58. The van der Waals surface area contributed by atoms with Gasteiger partial charge in [-0.15, -0.1) is 0 Å². The summed E-state index contributed by atoms with van der Waals surface area (Å²) in [6.45, 7) is 0. The number of amides is 1. The van der Waals surface area contributed by atoms with Gasteiger partial charge in [-0.2, -0.15) is 13.5 Å². The molecule has 3 N–H and O–H groups in total. The second-order valence-electron chi connectivity index (χ2n) is 4.97. The molecule has 0 atom stereocenters. The average Bonchev–Trinajstić information content (AvgIpc) is 3.13. The van der Waals surface area contributed by atoms with Crippen molar-refractivity contribution >= 4 is 21.6 Å². The van der Waals surface area contributed by atoms with Crippen molar-refractivity contribution in [2.45, 2.75) is 23.9 Å². The molecule has 1 heterocycles. The lowest BCUT2D eigenvalue weighted by Gasteiger charge is -2.08. The van der Waals surface area contributed by atoms with Gasteiger partial charge in [0.2, 0.25) is 0 Å². The number of benzene rings is 1. The third kappa shape index (κ3) is 3.08. The first-order chi connectivity index (χ1) is 10.5. The van der Waals surface area contributed by atoms with Crippen LogP contribution >= 0.6 is 0 Å². The SMILES string of the molecule is O=C(NC1CC1)c1cn[nH]c1S(=O)(=O)Nc1ccc(F)cc1. The van der Waals surface area contributed by atoms with Crippen LogP contribution in [0.3, 0.4) is 0 Å². The normalized spacial score (nSPS) is 14.6. The zero-order chi connectivity index (χ0) is 15.7. The van der Waals surface area contributed by atoms with E-state index in [2.05, 4.69) is 20.2 Å². The Labute approximate surface area is 126 Å². The number of halogens is 1. The van der Waals surface area contributed by atoms with Crippen LogP contribution < -0.4 is 10.0 Å². The second-order valence-corrected chi connectivity index (χ2v) is 6.59. The Morgan fingerprint density at radius 1 is 1.27 bits per heavy atom. The van der Waals surface area contributed by atoms with Gasteiger partial charge in [0.15, 0.2) is 5.03 Å². The number of nitrogens with one attached hydrogen (secondary N) is 3. The van der Waals surface area contributed by atoms with E-state index in [1.54, 1.807) is 0 Å². The van der Waals surface area contributed by atoms with Gasteiger partial charge in [-0.3, -0.25) is 14.6 Å². The predicted octanol–water partition coefficient (Wildman–Crippen LogP) is 1.24. The molecule has 3 rings (SSSR count). The first-order valence-corrected chi connectivity index (χ1v) is 8.06. The number of carbonyl (C=O) groups excluding carboxylic acids is 1.